The minimum atomic E-state index is -4.81. The van der Waals surface area contributed by atoms with Crippen LogP contribution < -0.4 is 10.6 Å². The maximum absolute atomic E-state index is 14.3. The highest BCUT2D eigenvalue weighted by Gasteiger charge is 2.37. The molecule has 2 aromatic carbocycles. The number of rotatable bonds is 9. The first-order chi connectivity index (χ1) is 19.9. The number of halogens is 5. The number of hydrogen-bond acceptors (Lipinski definition) is 6. The normalized spacial score (nSPS) is 16.5. The summed E-state index contributed by atoms with van der Waals surface area (Å²) < 4.78 is 73.1. The van der Waals surface area contributed by atoms with Crippen molar-refractivity contribution in [2.24, 2.45) is 0 Å². The summed E-state index contributed by atoms with van der Waals surface area (Å²) in [6, 6.07) is 5.70. The van der Waals surface area contributed by atoms with Crippen LogP contribution in [0.2, 0.25) is 10.0 Å². The third-order valence-corrected chi connectivity index (χ3v) is 9.36. The number of alkyl halides is 3. The molecule has 0 spiro atoms. The first-order valence-corrected chi connectivity index (χ1v) is 16.2. The molecule has 1 heterocycles. The van der Waals surface area contributed by atoms with Crippen LogP contribution in [0.5, 0.6) is 0 Å². The lowest BCUT2D eigenvalue weighted by atomic mass is 9.92. The first-order valence-electron chi connectivity index (χ1n) is 13.8. The van der Waals surface area contributed by atoms with Gasteiger partial charge in [-0.25, -0.2) is 13.2 Å². The Labute approximate surface area is 260 Å². The van der Waals surface area contributed by atoms with Gasteiger partial charge in [0.2, 0.25) is 0 Å². The second kappa shape index (κ2) is 14.0. The second-order valence-corrected chi connectivity index (χ2v) is 14.4. The summed E-state index contributed by atoms with van der Waals surface area (Å²) >= 11 is 12.4. The molecule has 0 bridgehead atoms. The lowest BCUT2D eigenvalue weighted by Gasteiger charge is -2.36. The van der Waals surface area contributed by atoms with Crippen molar-refractivity contribution in [1.82, 2.24) is 15.5 Å². The van der Waals surface area contributed by atoms with Gasteiger partial charge in [0.05, 0.1) is 22.9 Å². The molecule has 3 rings (SSSR count). The molecule has 0 aromatic heterocycles. The van der Waals surface area contributed by atoms with Crippen molar-refractivity contribution < 1.29 is 35.9 Å². The average molecular weight is 667 g/mol. The molecule has 0 aliphatic carbocycles. The number of hydrogen-bond donors (Lipinski definition) is 2. The lowest BCUT2D eigenvalue weighted by Crippen LogP contribution is -2.48. The van der Waals surface area contributed by atoms with Crippen molar-refractivity contribution in [2.75, 3.05) is 19.0 Å². The Bertz CT molecular complexity index is 1450. The van der Waals surface area contributed by atoms with Gasteiger partial charge >= 0.3 is 12.3 Å². The van der Waals surface area contributed by atoms with Crippen molar-refractivity contribution in [1.29, 1.82) is 0 Å². The van der Waals surface area contributed by atoms with Crippen LogP contribution in [0.1, 0.15) is 74.0 Å². The van der Waals surface area contributed by atoms with E-state index >= 15 is 0 Å². The summed E-state index contributed by atoms with van der Waals surface area (Å²) in [7, 11) is -3.65. The van der Waals surface area contributed by atoms with Crippen molar-refractivity contribution >= 4 is 45.0 Å². The number of nitrogens with one attached hydrogen (secondary N) is 2. The standard InChI is InChI=1S/C29H36Cl2F3N3O5S/c1-5-43(40,41)25-10-9-20(30)12-19(25)16-35-26(38)18-13-23(29(32,33)34)22(24(31)14-18)15-21-8-6-7-11-37(21)17-36-27(39)42-28(2,3)4/h9-10,12-14,21H,5-8,11,15-17H2,1-4H3,(H,35,38)(H,36,39)/t21-/m1/s1. The summed E-state index contributed by atoms with van der Waals surface area (Å²) in [6.45, 7) is 7.04. The van der Waals surface area contributed by atoms with E-state index in [1.54, 1.807) is 20.8 Å². The van der Waals surface area contributed by atoms with Crippen molar-refractivity contribution in [3.63, 3.8) is 0 Å². The van der Waals surface area contributed by atoms with Gasteiger partial charge in [0.25, 0.3) is 5.91 Å². The highest BCUT2D eigenvalue weighted by molar-refractivity contribution is 7.91. The third-order valence-electron chi connectivity index (χ3n) is 6.95. The quantitative estimate of drug-likeness (QED) is 0.312. The van der Waals surface area contributed by atoms with E-state index < -0.39 is 39.2 Å². The molecule has 1 atom stereocenters. The molecule has 0 saturated carbocycles. The number of amides is 2. The van der Waals surface area contributed by atoms with Gasteiger partial charge in [0.1, 0.15) is 5.60 Å². The van der Waals surface area contributed by atoms with Gasteiger partial charge in [-0.15, -0.1) is 0 Å². The molecule has 0 unspecified atom stereocenters. The molecule has 14 heteroatoms. The number of ether oxygens (including phenoxy) is 1. The molecule has 2 aromatic rings. The number of likely N-dealkylation sites (tertiary alicyclic amines) is 1. The molecule has 2 amide bonds. The third kappa shape index (κ3) is 9.72. The Hall–Kier alpha value is -2.54. The summed E-state index contributed by atoms with van der Waals surface area (Å²) in [4.78, 5) is 27.0. The van der Waals surface area contributed by atoms with E-state index in [9.17, 15) is 31.2 Å². The van der Waals surface area contributed by atoms with E-state index in [0.29, 0.717) is 13.0 Å². The summed E-state index contributed by atoms with van der Waals surface area (Å²) in [5.74, 6) is -1.04. The SMILES string of the molecule is CCS(=O)(=O)c1ccc(Cl)cc1CNC(=O)c1cc(Cl)c(C[C@H]2CCCCN2CNC(=O)OC(C)(C)C)c(C(F)(F)F)c1. The average Bonchev–Trinajstić information content (AvgIpc) is 2.90. The van der Waals surface area contributed by atoms with E-state index in [1.165, 1.54) is 31.2 Å². The fourth-order valence-electron chi connectivity index (χ4n) is 4.87. The zero-order valence-corrected chi connectivity index (χ0v) is 26.7. The number of carbonyl (C=O) groups is 2. The predicted molar refractivity (Wildman–Crippen MR) is 159 cm³/mol. The number of sulfone groups is 1. The molecule has 1 saturated heterocycles. The van der Waals surface area contributed by atoms with E-state index in [4.69, 9.17) is 27.9 Å². The summed E-state index contributed by atoms with van der Waals surface area (Å²) in [5, 5.41) is 5.17. The smallest absolute Gasteiger partial charge is 0.416 e. The maximum atomic E-state index is 14.3. The van der Waals surface area contributed by atoms with Crippen LogP contribution in [0.25, 0.3) is 0 Å². The van der Waals surface area contributed by atoms with Crippen molar-refractivity contribution in [2.45, 2.75) is 82.6 Å². The molecule has 1 fully saturated rings. The Morgan fingerprint density at radius 1 is 1.07 bits per heavy atom. The van der Waals surface area contributed by atoms with Crippen molar-refractivity contribution in [3.8, 4) is 0 Å². The lowest BCUT2D eigenvalue weighted by molar-refractivity contribution is -0.138. The van der Waals surface area contributed by atoms with Crippen LogP contribution in [0.4, 0.5) is 18.0 Å². The van der Waals surface area contributed by atoms with E-state index in [-0.39, 0.29) is 63.1 Å². The minimum absolute atomic E-state index is 0.0257. The molecule has 1 aliphatic heterocycles. The molecule has 1 aliphatic rings. The van der Waals surface area contributed by atoms with Crippen LogP contribution >= 0.6 is 23.2 Å². The number of alkyl carbamates (subject to hydrolysis) is 1. The highest BCUT2D eigenvalue weighted by atomic mass is 35.5. The summed E-state index contributed by atoms with van der Waals surface area (Å²) in [6.07, 6.45) is -3.27. The van der Waals surface area contributed by atoms with Gasteiger partial charge in [-0.05, 0) is 81.5 Å². The maximum Gasteiger partial charge on any atom is 0.416 e. The molecule has 0 radical (unpaired) electrons. The number of piperidine rings is 1. The number of carbonyl (C=O) groups excluding carboxylic acids is 2. The predicted octanol–water partition coefficient (Wildman–Crippen LogP) is 6.62. The van der Waals surface area contributed by atoms with E-state index in [2.05, 4.69) is 10.6 Å². The summed E-state index contributed by atoms with van der Waals surface area (Å²) in [5.41, 5.74) is -1.99. The fourth-order valence-corrected chi connectivity index (χ4v) is 6.47. The van der Waals surface area contributed by atoms with E-state index in [1.807, 2.05) is 4.90 Å². The monoisotopic (exact) mass is 665 g/mol. The van der Waals surface area contributed by atoms with Crippen LogP contribution in [0.3, 0.4) is 0 Å². The molecule has 238 valence electrons. The van der Waals surface area contributed by atoms with Gasteiger partial charge < -0.3 is 15.4 Å². The minimum Gasteiger partial charge on any atom is -0.444 e. The topological polar surface area (TPSA) is 105 Å². The molecular weight excluding hydrogens is 630 g/mol. The van der Waals surface area contributed by atoms with Crippen molar-refractivity contribution in [3.05, 3.63) is 62.6 Å². The van der Waals surface area contributed by atoms with Crippen LogP contribution in [-0.2, 0) is 33.7 Å². The Balaban J connectivity index is 1.83. The van der Waals surface area contributed by atoms with Crippen LogP contribution in [0.15, 0.2) is 35.2 Å². The zero-order chi connectivity index (χ0) is 32.2. The largest absolute Gasteiger partial charge is 0.444 e. The van der Waals surface area contributed by atoms with Crippen LogP contribution in [0, 0.1) is 0 Å². The fraction of sp³-hybridized carbons (Fsp3) is 0.517. The molecule has 43 heavy (non-hydrogen) atoms. The Morgan fingerprint density at radius 2 is 1.77 bits per heavy atom. The Kier molecular flexibility index (Phi) is 11.4. The van der Waals surface area contributed by atoms with Gasteiger partial charge in [-0.1, -0.05) is 36.5 Å². The van der Waals surface area contributed by atoms with Gasteiger partial charge in [-0.3, -0.25) is 9.69 Å². The number of nitrogens with zero attached hydrogens (tertiary/aromatic N) is 1. The van der Waals surface area contributed by atoms with E-state index in [0.717, 1.165) is 18.9 Å². The molecule has 8 nitrogen and oxygen atoms in total. The van der Waals surface area contributed by atoms with Crippen LogP contribution in [-0.4, -0.2) is 55.9 Å². The molecular formula is C29H36Cl2F3N3O5S. The van der Waals surface area contributed by atoms with Gasteiger partial charge in [0.15, 0.2) is 9.84 Å². The highest BCUT2D eigenvalue weighted by Crippen LogP contribution is 2.38. The molecule has 2 N–H and O–H groups in total. The Morgan fingerprint density at radius 3 is 2.40 bits per heavy atom. The zero-order valence-electron chi connectivity index (χ0n) is 24.4. The van der Waals surface area contributed by atoms with Gasteiger partial charge in [0, 0.05) is 34.7 Å². The second-order valence-electron chi connectivity index (χ2n) is 11.3. The first kappa shape index (κ1) is 34.9. The number of benzene rings is 2. The van der Waals surface area contributed by atoms with Gasteiger partial charge in [-0.2, -0.15) is 13.2 Å².